The third-order valence-electron chi connectivity index (χ3n) is 3.28. The number of nitrogens with zero attached hydrogens (tertiary/aromatic N) is 1. The predicted molar refractivity (Wildman–Crippen MR) is 84.8 cm³/mol. The summed E-state index contributed by atoms with van der Waals surface area (Å²) in [5, 5.41) is 2.93. The minimum absolute atomic E-state index is 0.0549. The number of carbonyl (C=O) groups is 1. The van der Waals surface area contributed by atoms with E-state index in [0.717, 1.165) is 49.3 Å². The number of amides is 1. The largest absolute Gasteiger partial charge is 0.345 e. The third kappa shape index (κ3) is 5.04. The Morgan fingerprint density at radius 2 is 2.10 bits per heavy atom. The first kappa shape index (κ1) is 15.3. The molecule has 5 nitrogen and oxygen atoms in total. The fourth-order valence-electron chi connectivity index (χ4n) is 2.17. The van der Waals surface area contributed by atoms with Gasteiger partial charge in [-0.2, -0.15) is 0 Å². The molecule has 21 heavy (non-hydrogen) atoms. The van der Waals surface area contributed by atoms with Gasteiger partial charge in [-0.15, -0.1) is 0 Å². The molecule has 1 heterocycles. The third-order valence-corrected chi connectivity index (χ3v) is 3.28. The molecule has 4 N–H and O–H groups in total. The zero-order valence-electron chi connectivity index (χ0n) is 12.1. The van der Waals surface area contributed by atoms with Gasteiger partial charge in [-0.05, 0) is 31.5 Å². The van der Waals surface area contributed by atoms with E-state index >= 15 is 0 Å². The van der Waals surface area contributed by atoms with Gasteiger partial charge < -0.3 is 16.0 Å². The van der Waals surface area contributed by atoms with Crippen LogP contribution < -0.4 is 11.1 Å². The normalized spacial score (nSPS) is 10.5. The molecule has 1 aromatic heterocycles. The minimum Gasteiger partial charge on any atom is -0.345 e. The van der Waals surface area contributed by atoms with Crippen molar-refractivity contribution in [2.24, 2.45) is 5.73 Å². The molecule has 0 unspecified atom stereocenters. The van der Waals surface area contributed by atoms with Gasteiger partial charge in [0.25, 0.3) is 0 Å². The summed E-state index contributed by atoms with van der Waals surface area (Å²) < 4.78 is 0. The smallest absolute Gasteiger partial charge is 0.224 e. The van der Waals surface area contributed by atoms with Crippen LogP contribution in [0.25, 0.3) is 11.4 Å². The van der Waals surface area contributed by atoms with Crippen molar-refractivity contribution >= 4 is 11.6 Å². The van der Waals surface area contributed by atoms with Crippen LogP contribution in [0.3, 0.4) is 0 Å². The summed E-state index contributed by atoms with van der Waals surface area (Å²) in [4.78, 5) is 19.1. The zero-order chi connectivity index (χ0) is 14.9. The van der Waals surface area contributed by atoms with E-state index in [-0.39, 0.29) is 5.91 Å². The van der Waals surface area contributed by atoms with Crippen LogP contribution in [0.5, 0.6) is 0 Å². The lowest BCUT2D eigenvalue weighted by atomic mass is 10.1. The molecule has 0 aliphatic carbocycles. The van der Waals surface area contributed by atoms with Gasteiger partial charge in [0.05, 0.1) is 0 Å². The first-order valence-corrected chi connectivity index (χ1v) is 7.39. The Labute approximate surface area is 125 Å². The van der Waals surface area contributed by atoms with E-state index in [1.54, 1.807) is 12.4 Å². The number of hydrogen-bond donors (Lipinski definition) is 3. The number of H-pyrrole nitrogens is 1. The van der Waals surface area contributed by atoms with E-state index in [2.05, 4.69) is 15.3 Å². The van der Waals surface area contributed by atoms with Crippen molar-refractivity contribution < 1.29 is 4.79 Å². The SMILES string of the molecule is NCCCCCCC(=O)Nc1cccc(-c2ncc[nH]2)c1. The van der Waals surface area contributed by atoms with Crippen LogP contribution in [0.15, 0.2) is 36.7 Å². The lowest BCUT2D eigenvalue weighted by molar-refractivity contribution is -0.116. The molecule has 0 bridgehead atoms. The van der Waals surface area contributed by atoms with Gasteiger partial charge in [0.15, 0.2) is 0 Å². The van der Waals surface area contributed by atoms with Gasteiger partial charge in [-0.1, -0.05) is 25.0 Å². The van der Waals surface area contributed by atoms with Crippen molar-refractivity contribution in [3.05, 3.63) is 36.7 Å². The molecule has 0 saturated carbocycles. The molecule has 0 fully saturated rings. The van der Waals surface area contributed by atoms with Crippen molar-refractivity contribution in [2.45, 2.75) is 32.1 Å². The maximum Gasteiger partial charge on any atom is 0.224 e. The van der Waals surface area contributed by atoms with Gasteiger partial charge in [0.2, 0.25) is 5.91 Å². The number of carbonyl (C=O) groups excluding carboxylic acids is 1. The molecule has 0 atom stereocenters. The summed E-state index contributed by atoms with van der Waals surface area (Å²) in [5.74, 6) is 0.854. The molecule has 1 aromatic carbocycles. The highest BCUT2D eigenvalue weighted by atomic mass is 16.1. The molecule has 0 aliphatic heterocycles. The number of unbranched alkanes of at least 4 members (excludes halogenated alkanes) is 3. The Balaban J connectivity index is 1.82. The fourth-order valence-corrected chi connectivity index (χ4v) is 2.17. The van der Waals surface area contributed by atoms with Crippen LogP contribution >= 0.6 is 0 Å². The Kier molecular flexibility index (Phi) is 5.97. The van der Waals surface area contributed by atoms with Crippen LogP contribution in [0.1, 0.15) is 32.1 Å². The van der Waals surface area contributed by atoms with Gasteiger partial charge in [-0.25, -0.2) is 4.98 Å². The second kappa shape index (κ2) is 8.21. The molecular formula is C16H22N4O. The summed E-state index contributed by atoms with van der Waals surface area (Å²) in [6.45, 7) is 0.728. The van der Waals surface area contributed by atoms with Crippen molar-refractivity contribution in [3.8, 4) is 11.4 Å². The van der Waals surface area contributed by atoms with E-state index in [1.807, 2.05) is 24.3 Å². The van der Waals surface area contributed by atoms with Crippen LogP contribution in [-0.2, 0) is 4.79 Å². The van der Waals surface area contributed by atoms with Gasteiger partial charge in [0.1, 0.15) is 5.82 Å². The molecule has 0 radical (unpaired) electrons. The minimum atomic E-state index is 0.0549. The molecule has 0 spiro atoms. The maximum absolute atomic E-state index is 11.9. The highest BCUT2D eigenvalue weighted by Crippen LogP contribution is 2.19. The van der Waals surface area contributed by atoms with E-state index in [1.165, 1.54) is 0 Å². The molecule has 112 valence electrons. The van der Waals surface area contributed by atoms with Gasteiger partial charge in [0, 0.05) is 30.1 Å². The van der Waals surface area contributed by atoms with Crippen molar-refractivity contribution in [3.63, 3.8) is 0 Å². The number of aromatic nitrogens is 2. The summed E-state index contributed by atoms with van der Waals surface area (Å²) in [5.41, 5.74) is 7.20. The lowest BCUT2D eigenvalue weighted by Gasteiger charge is -2.06. The van der Waals surface area contributed by atoms with Crippen molar-refractivity contribution in [2.75, 3.05) is 11.9 Å². The monoisotopic (exact) mass is 286 g/mol. The number of benzene rings is 1. The number of imidazole rings is 1. The van der Waals surface area contributed by atoms with Crippen LogP contribution in [0.4, 0.5) is 5.69 Å². The van der Waals surface area contributed by atoms with Crippen LogP contribution in [-0.4, -0.2) is 22.4 Å². The number of aromatic amines is 1. The second-order valence-electron chi connectivity index (χ2n) is 5.02. The first-order valence-electron chi connectivity index (χ1n) is 7.39. The van der Waals surface area contributed by atoms with Crippen LogP contribution in [0, 0.1) is 0 Å². The number of rotatable bonds is 8. The predicted octanol–water partition coefficient (Wildman–Crippen LogP) is 2.92. The van der Waals surface area contributed by atoms with Gasteiger partial charge >= 0.3 is 0 Å². The fraction of sp³-hybridized carbons (Fsp3) is 0.375. The molecule has 2 rings (SSSR count). The quantitative estimate of drug-likeness (QED) is 0.652. The van der Waals surface area contributed by atoms with Crippen LogP contribution in [0.2, 0.25) is 0 Å². The van der Waals surface area contributed by atoms with E-state index < -0.39 is 0 Å². The number of nitrogens with one attached hydrogen (secondary N) is 2. The van der Waals surface area contributed by atoms with E-state index in [9.17, 15) is 4.79 Å². The zero-order valence-corrected chi connectivity index (χ0v) is 12.1. The summed E-state index contributed by atoms with van der Waals surface area (Å²) in [6.07, 6.45) is 8.13. The molecule has 2 aromatic rings. The second-order valence-corrected chi connectivity index (χ2v) is 5.02. The molecular weight excluding hydrogens is 264 g/mol. The number of hydrogen-bond acceptors (Lipinski definition) is 3. The molecule has 1 amide bonds. The molecule has 0 aliphatic rings. The summed E-state index contributed by atoms with van der Waals surface area (Å²) in [6, 6.07) is 7.68. The number of nitrogens with two attached hydrogens (primary N) is 1. The Bertz CT molecular complexity index is 551. The summed E-state index contributed by atoms with van der Waals surface area (Å²) >= 11 is 0. The standard InChI is InChI=1S/C16H22N4O/c17-9-4-2-1-3-8-15(21)20-14-7-5-6-13(12-14)16-18-10-11-19-16/h5-7,10-12H,1-4,8-9,17H2,(H,18,19)(H,20,21). The highest BCUT2D eigenvalue weighted by molar-refractivity contribution is 5.91. The Morgan fingerprint density at radius 3 is 2.86 bits per heavy atom. The first-order chi connectivity index (χ1) is 10.3. The van der Waals surface area contributed by atoms with Gasteiger partial charge in [-0.3, -0.25) is 4.79 Å². The molecule has 0 saturated heterocycles. The summed E-state index contributed by atoms with van der Waals surface area (Å²) in [7, 11) is 0. The average Bonchev–Trinajstić information content (AvgIpc) is 3.01. The highest BCUT2D eigenvalue weighted by Gasteiger charge is 2.05. The van der Waals surface area contributed by atoms with E-state index in [0.29, 0.717) is 6.42 Å². The van der Waals surface area contributed by atoms with Crippen molar-refractivity contribution in [1.29, 1.82) is 0 Å². The molecule has 5 heteroatoms. The number of anilines is 1. The topological polar surface area (TPSA) is 83.8 Å². The Morgan fingerprint density at radius 1 is 1.24 bits per heavy atom. The van der Waals surface area contributed by atoms with Crippen molar-refractivity contribution in [1.82, 2.24) is 9.97 Å². The Hall–Kier alpha value is -2.14. The van der Waals surface area contributed by atoms with E-state index in [4.69, 9.17) is 5.73 Å². The lowest BCUT2D eigenvalue weighted by Crippen LogP contribution is -2.11. The average molecular weight is 286 g/mol. The maximum atomic E-state index is 11.9.